The Labute approximate surface area is 81.1 Å². The van der Waals surface area contributed by atoms with Crippen molar-refractivity contribution >= 4 is 11.9 Å². The van der Waals surface area contributed by atoms with Gasteiger partial charge in [-0.05, 0) is 0 Å². The fourth-order valence-corrected chi connectivity index (χ4v) is 1.47. The molecule has 0 spiro atoms. The number of nitrogens with zero attached hydrogens (tertiary/aromatic N) is 1. The summed E-state index contributed by atoms with van der Waals surface area (Å²) in [5.74, 6) is -1.46. The van der Waals surface area contributed by atoms with Crippen molar-refractivity contribution in [3.05, 3.63) is 0 Å². The van der Waals surface area contributed by atoms with E-state index in [0.29, 0.717) is 0 Å². The largest absolute Gasteiger partial charge is 0.480 e. The number of methoxy groups -OCH3 is 1. The molecule has 14 heavy (non-hydrogen) atoms. The molecule has 0 aromatic rings. The highest BCUT2D eigenvalue weighted by Crippen LogP contribution is 2.14. The number of ether oxygens (including phenoxy) is 1. The molecule has 1 aliphatic rings. The van der Waals surface area contributed by atoms with Gasteiger partial charge in [0, 0.05) is 13.7 Å². The van der Waals surface area contributed by atoms with Gasteiger partial charge >= 0.3 is 5.97 Å². The number of hydrogen-bond donors (Lipinski definition) is 2. The minimum absolute atomic E-state index is 0.00645. The predicted octanol–water partition coefficient (Wildman–Crippen LogP) is -1.32. The van der Waals surface area contributed by atoms with Crippen molar-refractivity contribution in [1.82, 2.24) is 4.90 Å². The summed E-state index contributed by atoms with van der Waals surface area (Å²) in [6.07, 6.45) is -0.769. The fourth-order valence-electron chi connectivity index (χ4n) is 1.47. The third-order valence-corrected chi connectivity index (χ3v) is 2.12. The lowest BCUT2D eigenvalue weighted by atomic mass is 10.3. The minimum Gasteiger partial charge on any atom is -0.480 e. The maximum absolute atomic E-state index is 11.3. The molecule has 0 saturated carbocycles. The Bertz CT molecular complexity index is 242. The van der Waals surface area contributed by atoms with Crippen molar-refractivity contribution in [2.75, 3.05) is 20.3 Å². The van der Waals surface area contributed by atoms with E-state index in [4.69, 9.17) is 9.84 Å². The number of carboxylic acid groups (broad SMARTS) is 1. The summed E-state index contributed by atoms with van der Waals surface area (Å²) in [6, 6.07) is -0.996. The van der Waals surface area contributed by atoms with E-state index in [0.717, 1.165) is 4.90 Å². The highest BCUT2D eigenvalue weighted by atomic mass is 16.5. The Balaban J connectivity index is 2.68. The molecule has 1 aliphatic heterocycles. The minimum atomic E-state index is -1.12. The number of carboxylic acids is 1. The first-order chi connectivity index (χ1) is 6.56. The number of rotatable bonds is 4. The third kappa shape index (κ3) is 2.21. The molecule has 2 atom stereocenters. The van der Waals surface area contributed by atoms with E-state index in [-0.39, 0.29) is 25.5 Å². The average molecular weight is 203 g/mol. The van der Waals surface area contributed by atoms with E-state index >= 15 is 0 Å². The van der Waals surface area contributed by atoms with Crippen LogP contribution in [0.3, 0.4) is 0 Å². The van der Waals surface area contributed by atoms with Gasteiger partial charge in [-0.15, -0.1) is 0 Å². The number of β-amino-alcohol motifs (C(OH)–C–C–N with tert-alkyl or cyclic N) is 1. The van der Waals surface area contributed by atoms with E-state index < -0.39 is 18.1 Å². The molecule has 1 heterocycles. The van der Waals surface area contributed by atoms with Crippen LogP contribution in [-0.4, -0.2) is 59.4 Å². The van der Waals surface area contributed by atoms with Crippen molar-refractivity contribution in [1.29, 1.82) is 0 Å². The van der Waals surface area contributed by atoms with Gasteiger partial charge < -0.3 is 19.8 Å². The first-order valence-corrected chi connectivity index (χ1v) is 4.25. The second-order valence-corrected chi connectivity index (χ2v) is 3.21. The van der Waals surface area contributed by atoms with Gasteiger partial charge in [-0.25, -0.2) is 4.79 Å². The van der Waals surface area contributed by atoms with Crippen LogP contribution in [0.1, 0.15) is 6.42 Å². The standard InChI is InChI=1S/C8H13NO5/c1-14-4-6(8(12)13)9-3-5(10)2-7(9)11/h5-6,10H,2-4H2,1H3,(H,12,13)/t5?,6-/m0/s1. The first kappa shape index (κ1) is 10.9. The van der Waals surface area contributed by atoms with E-state index in [1.807, 2.05) is 0 Å². The Morgan fingerprint density at radius 3 is 2.79 bits per heavy atom. The van der Waals surface area contributed by atoms with Gasteiger partial charge in [0.05, 0.1) is 19.1 Å². The van der Waals surface area contributed by atoms with E-state index in [1.165, 1.54) is 7.11 Å². The zero-order valence-electron chi connectivity index (χ0n) is 7.84. The summed E-state index contributed by atoms with van der Waals surface area (Å²) in [5, 5.41) is 18.0. The first-order valence-electron chi connectivity index (χ1n) is 4.25. The molecular weight excluding hydrogens is 190 g/mol. The summed E-state index contributed by atoms with van der Waals surface area (Å²) < 4.78 is 4.70. The van der Waals surface area contributed by atoms with Crippen LogP contribution in [0.2, 0.25) is 0 Å². The quantitative estimate of drug-likeness (QED) is 0.591. The monoisotopic (exact) mass is 203 g/mol. The third-order valence-electron chi connectivity index (χ3n) is 2.12. The second-order valence-electron chi connectivity index (χ2n) is 3.21. The maximum Gasteiger partial charge on any atom is 0.328 e. The number of carbonyl (C=O) groups excluding carboxylic acids is 1. The van der Waals surface area contributed by atoms with Crippen molar-refractivity contribution in [2.24, 2.45) is 0 Å². The Morgan fingerprint density at radius 2 is 2.43 bits per heavy atom. The van der Waals surface area contributed by atoms with Gasteiger partial charge in [-0.2, -0.15) is 0 Å². The van der Waals surface area contributed by atoms with Crippen LogP contribution in [0, 0.1) is 0 Å². The summed E-state index contributed by atoms with van der Waals surface area (Å²) in [5.41, 5.74) is 0. The molecule has 2 N–H and O–H groups in total. The highest BCUT2D eigenvalue weighted by Gasteiger charge is 2.36. The molecule has 0 aromatic carbocycles. The molecular formula is C8H13NO5. The van der Waals surface area contributed by atoms with Gasteiger partial charge in [0.2, 0.25) is 5.91 Å². The lowest BCUT2D eigenvalue weighted by Crippen LogP contribution is -2.45. The Kier molecular flexibility index (Phi) is 3.43. The fraction of sp³-hybridized carbons (Fsp3) is 0.750. The van der Waals surface area contributed by atoms with Gasteiger partial charge in [-0.1, -0.05) is 0 Å². The zero-order valence-corrected chi connectivity index (χ0v) is 7.84. The molecule has 1 amide bonds. The Morgan fingerprint density at radius 1 is 1.79 bits per heavy atom. The number of hydrogen-bond acceptors (Lipinski definition) is 4. The molecule has 80 valence electrons. The zero-order chi connectivity index (χ0) is 10.7. The number of aliphatic hydroxyl groups is 1. The lowest BCUT2D eigenvalue weighted by Gasteiger charge is -2.23. The van der Waals surface area contributed by atoms with Crippen LogP contribution < -0.4 is 0 Å². The summed E-state index contributed by atoms with van der Waals surface area (Å²) in [4.78, 5) is 23.2. The van der Waals surface area contributed by atoms with Crippen molar-refractivity contribution in [2.45, 2.75) is 18.6 Å². The molecule has 0 bridgehead atoms. The van der Waals surface area contributed by atoms with Crippen LogP contribution in [0.4, 0.5) is 0 Å². The van der Waals surface area contributed by atoms with E-state index in [2.05, 4.69) is 0 Å². The molecule has 0 radical (unpaired) electrons. The predicted molar refractivity (Wildman–Crippen MR) is 45.6 cm³/mol. The topological polar surface area (TPSA) is 87.1 Å². The maximum atomic E-state index is 11.3. The average Bonchev–Trinajstić information content (AvgIpc) is 2.40. The van der Waals surface area contributed by atoms with E-state index in [1.54, 1.807) is 0 Å². The lowest BCUT2D eigenvalue weighted by molar-refractivity contribution is -0.150. The molecule has 1 fully saturated rings. The summed E-state index contributed by atoms with van der Waals surface area (Å²) >= 11 is 0. The van der Waals surface area contributed by atoms with Gasteiger partial charge in [0.1, 0.15) is 0 Å². The number of likely N-dealkylation sites (tertiary alicyclic amines) is 1. The summed E-state index contributed by atoms with van der Waals surface area (Å²) in [7, 11) is 1.37. The Hall–Kier alpha value is -1.14. The number of amides is 1. The molecule has 1 saturated heterocycles. The van der Waals surface area contributed by atoms with Crippen LogP contribution in [0.25, 0.3) is 0 Å². The van der Waals surface area contributed by atoms with Crippen LogP contribution in [0.5, 0.6) is 0 Å². The normalized spacial score (nSPS) is 24.0. The molecule has 1 rings (SSSR count). The molecule has 0 aromatic heterocycles. The van der Waals surface area contributed by atoms with Crippen LogP contribution in [-0.2, 0) is 14.3 Å². The molecule has 6 heteroatoms. The van der Waals surface area contributed by atoms with Crippen LogP contribution in [0.15, 0.2) is 0 Å². The van der Waals surface area contributed by atoms with Crippen molar-refractivity contribution in [3.63, 3.8) is 0 Å². The number of carbonyl (C=O) groups is 2. The van der Waals surface area contributed by atoms with Crippen molar-refractivity contribution in [3.8, 4) is 0 Å². The van der Waals surface area contributed by atoms with Crippen molar-refractivity contribution < 1.29 is 24.5 Å². The van der Waals surface area contributed by atoms with Gasteiger partial charge in [0.25, 0.3) is 0 Å². The number of aliphatic carboxylic acids is 1. The van der Waals surface area contributed by atoms with Crippen LogP contribution >= 0.6 is 0 Å². The molecule has 0 aliphatic carbocycles. The van der Waals surface area contributed by atoms with Gasteiger partial charge in [0.15, 0.2) is 6.04 Å². The molecule has 1 unspecified atom stereocenters. The number of aliphatic hydroxyl groups excluding tert-OH is 1. The SMILES string of the molecule is COC[C@@H](C(=O)O)N1CC(O)CC1=O. The van der Waals surface area contributed by atoms with Gasteiger partial charge in [-0.3, -0.25) is 4.79 Å². The molecule has 6 nitrogen and oxygen atoms in total. The summed E-state index contributed by atoms with van der Waals surface area (Å²) in [6.45, 7) is 0.00690. The second kappa shape index (κ2) is 4.39. The van der Waals surface area contributed by atoms with E-state index in [9.17, 15) is 14.7 Å². The highest BCUT2D eigenvalue weighted by molar-refractivity contribution is 5.85. The smallest absolute Gasteiger partial charge is 0.328 e.